The van der Waals surface area contributed by atoms with E-state index < -0.39 is 24.4 Å². The van der Waals surface area contributed by atoms with Gasteiger partial charge in [0, 0.05) is 24.3 Å². The fourth-order valence-electron chi connectivity index (χ4n) is 3.92. The highest BCUT2D eigenvalue weighted by Crippen LogP contribution is 2.31. The van der Waals surface area contributed by atoms with Gasteiger partial charge in [0.25, 0.3) is 11.8 Å². The zero-order valence-corrected chi connectivity index (χ0v) is 17.0. The average molecular weight is 405 g/mol. The molecule has 0 radical (unpaired) electrons. The van der Waals surface area contributed by atoms with Crippen LogP contribution >= 0.6 is 0 Å². The fraction of sp³-hybridized carbons (Fsp3) is 0.304. The smallest absolute Gasteiger partial charge is 0.339 e. The molecule has 0 saturated carbocycles. The first-order valence-electron chi connectivity index (χ1n) is 9.97. The molecule has 30 heavy (non-hydrogen) atoms. The average Bonchev–Trinajstić information content (AvgIpc) is 3.16. The molecule has 1 aromatic carbocycles. The molecule has 4 rings (SSSR count). The van der Waals surface area contributed by atoms with Crippen LogP contribution in [0.15, 0.2) is 42.6 Å². The monoisotopic (exact) mass is 405 g/mol. The summed E-state index contributed by atoms with van der Waals surface area (Å²) in [6.45, 7) is 1.62. The van der Waals surface area contributed by atoms with Gasteiger partial charge < -0.3 is 9.30 Å². The van der Waals surface area contributed by atoms with Crippen molar-refractivity contribution in [2.45, 2.75) is 26.2 Å². The normalized spacial score (nSPS) is 15.5. The number of amides is 2. The Morgan fingerprint density at radius 1 is 1.20 bits per heavy atom. The second-order valence-electron chi connectivity index (χ2n) is 7.73. The summed E-state index contributed by atoms with van der Waals surface area (Å²) >= 11 is 0. The highest BCUT2D eigenvalue weighted by molar-refractivity contribution is 6.07. The fourth-order valence-corrected chi connectivity index (χ4v) is 3.92. The van der Waals surface area contributed by atoms with Crippen LogP contribution in [-0.2, 0) is 29.4 Å². The van der Waals surface area contributed by atoms with Crippen LogP contribution in [0, 0.1) is 5.92 Å². The maximum atomic E-state index is 13.0. The highest BCUT2D eigenvalue weighted by Gasteiger charge is 2.26. The zero-order chi connectivity index (χ0) is 21.3. The summed E-state index contributed by atoms with van der Waals surface area (Å²) in [6.07, 6.45) is 4.29. The Morgan fingerprint density at radius 2 is 2.00 bits per heavy atom. The van der Waals surface area contributed by atoms with Crippen LogP contribution in [0.2, 0.25) is 0 Å². The number of esters is 1. The number of ether oxygens (including phenoxy) is 1. The van der Waals surface area contributed by atoms with E-state index in [9.17, 15) is 14.4 Å². The van der Waals surface area contributed by atoms with Crippen molar-refractivity contribution >= 4 is 28.7 Å². The predicted molar refractivity (Wildman–Crippen MR) is 111 cm³/mol. The van der Waals surface area contributed by atoms with Crippen molar-refractivity contribution in [1.82, 2.24) is 14.9 Å². The Bertz CT molecular complexity index is 1150. The van der Waals surface area contributed by atoms with E-state index in [0.29, 0.717) is 17.2 Å². The number of para-hydroxylation sites is 1. The molecular formula is C23H23N3O4. The predicted octanol–water partition coefficient (Wildman–Crippen LogP) is 2.81. The highest BCUT2D eigenvalue weighted by atomic mass is 16.5. The summed E-state index contributed by atoms with van der Waals surface area (Å²) in [5.74, 6) is -1.34. The van der Waals surface area contributed by atoms with Crippen molar-refractivity contribution in [1.29, 1.82) is 0 Å². The molecule has 0 saturated heterocycles. The maximum absolute atomic E-state index is 13.0. The second kappa shape index (κ2) is 8.10. The summed E-state index contributed by atoms with van der Waals surface area (Å²) in [6, 6.07) is 10.8. The summed E-state index contributed by atoms with van der Waals surface area (Å²) in [7, 11) is 1.71. The van der Waals surface area contributed by atoms with Crippen LogP contribution in [0.5, 0.6) is 0 Å². The summed E-state index contributed by atoms with van der Waals surface area (Å²) in [5.41, 5.74) is 3.38. The molecule has 0 spiro atoms. The van der Waals surface area contributed by atoms with E-state index in [4.69, 9.17) is 9.72 Å². The lowest BCUT2D eigenvalue weighted by atomic mass is 9.84. The summed E-state index contributed by atoms with van der Waals surface area (Å²) < 4.78 is 6.91. The van der Waals surface area contributed by atoms with Crippen LogP contribution in [-0.4, -0.2) is 33.9 Å². The first kappa shape index (κ1) is 19.8. The van der Waals surface area contributed by atoms with E-state index in [1.165, 1.54) is 0 Å². The molecule has 1 N–H and O–H groups in total. The number of pyridine rings is 1. The first-order chi connectivity index (χ1) is 14.4. The van der Waals surface area contributed by atoms with Crippen LogP contribution < -0.4 is 5.32 Å². The Balaban J connectivity index is 1.53. The van der Waals surface area contributed by atoms with Gasteiger partial charge in [-0.25, -0.2) is 4.79 Å². The van der Waals surface area contributed by atoms with Gasteiger partial charge in [0.1, 0.15) is 5.69 Å². The third-order valence-corrected chi connectivity index (χ3v) is 5.47. The Kier molecular flexibility index (Phi) is 5.35. The molecule has 2 amide bonds. The number of fused-ring (bicyclic) bond motifs is 2. The molecule has 1 atom stereocenters. The Morgan fingerprint density at radius 3 is 2.77 bits per heavy atom. The number of nitrogens with one attached hydrogen (secondary N) is 1. The molecule has 0 unspecified atom stereocenters. The van der Waals surface area contributed by atoms with E-state index in [1.54, 1.807) is 29.9 Å². The van der Waals surface area contributed by atoms with Crippen molar-refractivity contribution in [2.75, 3.05) is 6.61 Å². The van der Waals surface area contributed by atoms with Crippen LogP contribution in [0.3, 0.4) is 0 Å². The third-order valence-electron chi connectivity index (χ3n) is 5.47. The molecule has 154 valence electrons. The summed E-state index contributed by atoms with van der Waals surface area (Å²) in [4.78, 5) is 42.0. The Hall–Kier alpha value is -3.48. The minimum absolute atomic E-state index is 0.345. The van der Waals surface area contributed by atoms with Gasteiger partial charge in [-0.2, -0.15) is 0 Å². The van der Waals surface area contributed by atoms with Gasteiger partial charge >= 0.3 is 5.97 Å². The SMILES string of the molecule is C[C@@H]1CCc2nc3ccccc3c(C(=O)OCC(=O)NC(=O)c3cccn3C)c2C1. The van der Waals surface area contributed by atoms with Gasteiger partial charge in [-0.15, -0.1) is 0 Å². The van der Waals surface area contributed by atoms with Gasteiger partial charge in [0.2, 0.25) is 0 Å². The number of hydrogen-bond acceptors (Lipinski definition) is 5. The van der Waals surface area contributed by atoms with Crippen molar-refractivity contribution in [2.24, 2.45) is 13.0 Å². The standard InChI is InChI=1S/C23H23N3O4/c1-14-9-10-18-16(12-14)21(15-6-3-4-7-17(15)24-18)23(29)30-13-20(27)25-22(28)19-8-5-11-26(19)2/h3-8,11,14H,9-10,12-13H2,1-2H3,(H,25,27,28)/t14-/m1/s1. The number of rotatable bonds is 4. The number of aromatic nitrogens is 2. The van der Waals surface area contributed by atoms with Crippen molar-refractivity contribution in [3.8, 4) is 0 Å². The topological polar surface area (TPSA) is 90.3 Å². The molecule has 1 aliphatic carbocycles. The molecule has 0 fully saturated rings. The van der Waals surface area contributed by atoms with E-state index >= 15 is 0 Å². The minimum atomic E-state index is -0.671. The van der Waals surface area contributed by atoms with Crippen molar-refractivity contribution < 1.29 is 19.1 Å². The molecule has 0 bridgehead atoms. The lowest BCUT2D eigenvalue weighted by Crippen LogP contribution is -2.35. The van der Waals surface area contributed by atoms with E-state index in [1.807, 2.05) is 24.3 Å². The molecular weight excluding hydrogens is 382 g/mol. The summed E-state index contributed by atoms with van der Waals surface area (Å²) in [5, 5.41) is 2.97. The van der Waals surface area contributed by atoms with E-state index in [-0.39, 0.29) is 0 Å². The number of hydrogen-bond donors (Lipinski definition) is 1. The molecule has 7 nitrogen and oxygen atoms in total. The number of carbonyl (C=O) groups excluding carboxylic acids is 3. The largest absolute Gasteiger partial charge is 0.452 e. The van der Waals surface area contributed by atoms with E-state index in [2.05, 4.69) is 12.2 Å². The molecule has 7 heteroatoms. The van der Waals surface area contributed by atoms with Gasteiger partial charge in [-0.1, -0.05) is 25.1 Å². The number of nitrogens with zero attached hydrogens (tertiary/aromatic N) is 2. The van der Waals surface area contributed by atoms with Gasteiger partial charge in [0.05, 0.1) is 11.1 Å². The quantitative estimate of drug-likeness (QED) is 0.674. The van der Waals surface area contributed by atoms with Crippen molar-refractivity contribution in [3.05, 3.63) is 65.1 Å². The lowest BCUT2D eigenvalue weighted by Gasteiger charge is -2.24. The number of benzene rings is 1. The number of aryl methyl sites for hydroxylation is 2. The van der Waals surface area contributed by atoms with Gasteiger partial charge in [-0.05, 0) is 48.9 Å². The Labute approximate surface area is 174 Å². The van der Waals surface area contributed by atoms with Crippen LogP contribution in [0.1, 0.15) is 45.4 Å². The molecule has 1 aliphatic rings. The van der Waals surface area contributed by atoms with Crippen molar-refractivity contribution in [3.63, 3.8) is 0 Å². The zero-order valence-electron chi connectivity index (χ0n) is 17.0. The molecule has 2 aromatic heterocycles. The number of carbonyl (C=O) groups is 3. The van der Waals surface area contributed by atoms with Crippen LogP contribution in [0.25, 0.3) is 10.9 Å². The third kappa shape index (κ3) is 3.83. The first-order valence-corrected chi connectivity index (χ1v) is 9.97. The maximum Gasteiger partial charge on any atom is 0.339 e. The van der Waals surface area contributed by atoms with Crippen LogP contribution in [0.4, 0.5) is 0 Å². The molecule has 3 aromatic rings. The lowest BCUT2D eigenvalue weighted by molar-refractivity contribution is -0.123. The molecule has 2 heterocycles. The van der Waals surface area contributed by atoms with Gasteiger partial charge in [0.15, 0.2) is 6.61 Å². The van der Waals surface area contributed by atoms with Gasteiger partial charge in [-0.3, -0.25) is 19.9 Å². The van der Waals surface area contributed by atoms with E-state index in [0.717, 1.165) is 41.4 Å². The second-order valence-corrected chi connectivity index (χ2v) is 7.73. The number of imide groups is 1. The molecule has 0 aliphatic heterocycles. The minimum Gasteiger partial charge on any atom is -0.452 e.